The fourth-order valence-electron chi connectivity index (χ4n) is 2.03. The molecular formula is C14H25N7O5. The average Bonchev–Trinajstić information content (AvgIpc) is 3.06. The van der Waals surface area contributed by atoms with Crippen LogP contribution < -0.4 is 27.8 Å². The first-order valence-electron chi connectivity index (χ1n) is 8.17. The van der Waals surface area contributed by atoms with E-state index in [0.29, 0.717) is 19.4 Å². The third-order valence-electron chi connectivity index (χ3n) is 3.47. The van der Waals surface area contributed by atoms with Crippen LogP contribution in [0.1, 0.15) is 49.9 Å². The lowest BCUT2D eigenvalue weighted by molar-refractivity contribution is -0.139. The maximum atomic E-state index is 11.8. The SMILES string of the molecule is NCCCC[C@H](NC(=O)NCc1nc([C@@H](N)CCC(N)=O)no1)C(=O)O. The number of carboxylic acid groups (broad SMARTS) is 1. The second-order valence-electron chi connectivity index (χ2n) is 5.66. The molecular weight excluding hydrogens is 346 g/mol. The first-order chi connectivity index (χ1) is 12.3. The van der Waals surface area contributed by atoms with Crippen LogP contribution in [-0.4, -0.2) is 45.7 Å². The van der Waals surface area contributed by atoms with Gasteiger partial charge in [0.25, 0.3) is 0 Å². The number of unbranched alkanes of at least 4 members (excludes halogenated alkanes) is 1. The fraction of sp³-hybridized carbons (Fsp3) is 0.643. The summed E-state index contributed by atoms with van der Waals surface area (Å²) < 4.78 is 4.94. The maximum Gasteiger partial charge on any atom is 0.326 e. The third-order valence-corrected chi connectivity index (χ3v) is 3.47. The van der Waals surface area contributed by atoms with Crippen molar-refractivity contribution in [1.82, 2.24) is 20.8 Å². The number of carbonyl (C=O) groups is 3. The summed E-state index contributed by atoms with van der Waals surface area (Å²) in [6.45, 7) is 0.357. The Morgan fingerprint density at radius 2 is 1.96 bits per heavy atom. The minimum absolute atomic E-state index is 0.0897. The topological polar surface area (TPSA) is 212 Å². The van der Waals surface area contributed by atoms with Crippen molar-refractivity contribution in [3.63, 3.8) is 0 Å². The molecule has 0 bridgehead atoms. The number of nitrogens with one attached hydrogen (secondary N) is 2. The van der Waals surface area contributed by atoms with Crippen molar-refractivity contribution in [2.24, 2.45) is 17.2 Å². The molecule has 0 aliphatic heterocycles. The molecule has 1 aromatic heterocycles. The summed E-state index contributed by atoms with van der Waals surface area (Å²) in [4.78, 5) is 37.7. The Kier molecular flexibility index (Phi) is 9.01. The van der Waals surface area contributed by atoms with E-state index in [2.05, 4.69) is 20.8 Å². The fourth-order valence-corrected chi connectivity index (χ4v) is 2.03. The van der Waals surface area contributed by atoms with Crippen molar-refractivity contribution in [2.45, 2.75) is 50.7 Å². The molecule has 3 amide bonds. The standard InChI is InChI=1S/C14H25N7O5/c15-6-2-1-3-9(13(23)24)19-14(25)18-7-11-20-12(21-26-11)8(16)4-5-10(17)22/h8-9H,1-7,15-16H2,(H2,17,22)(H,23,24)(H2,18,19,25)/t8-,9-/m0/s1. The number of hydrogen-bond acceptors (Lipinski definition) is 8. The van der Waals surface area contributed by atoms with Crippen LogP contribution in [0.5, 0.6) is 0 Å². The molecule has 0 fully saturated rings. The van der Waals surface area contributed by atoms with Crippen LogP contribution in [-0.2, 0) is 16.1 Å². The number of nitrogens with zero attached hydrogens (tertiary/aromatic N) is 2. The normalized spacial score (nSPS) is 13.0. The Hall–Kier alpha value is -2.73. The Balaban J connectivity index is 2.44. The van der Waals surface area contributed by atoms with E-state index < -0.39 is 30.0 Å². The second-order valence-corrected chi connectivity index (χ2v) is 5.66. The highest BCUT2D eigenvalue weighted by atomic mass is 16.5. The lowest BCUT2D eigenvalue weighted by atomic mass is 10.1. The highest BCUT2D eigenvalue weighted by Gasteiger charge is 2.20. The van der Waals surface area contributed by atoms with Gasteiger partial charge >= 0.3 is 12.0 Å². The summed E-state index contributed by atoms with van der Waals surface area (Å²) >= 11 is 0. The molecule has 26 heavy (non-hydrogen) atoms. The van der Waals surface area contributed by atoms with Gasteiger partial charge in [0.05, 0.1) is 12.6 Å². The van der Waals surface area contributed by atoms with Crippen LogP contribution in [0.15, 0.2) is 4.52 Å². The van der Waals surface area contributed by atoms with Crippen LogP contribution in [0, 0.1) is 0 Å². The number of rotatable bonds is 12. The van der Waals surface area contributed by atoms with Crippen molar-refractivity contribution in [2.75, 3.05) is 6.54 Å². The number of carboxylic acids is 1. The van der Waals surface area contributed by atoms with E-state index in [9.17, 15) is 14.4 Å². The maximum absolute atomic E-state index is 11.8. The zero-order valence-electron chi connectivity index (χ0n) is 14.3. The first kappa shape index (κ1) is 21.3. The second kappa shape index (κ2) is 11.0. The molecule has 12 heteroatoms. The molecule has 0 spiro atoms. The molecule has 0 aliphatic rings. The molecule has 1 heterocycles. The zero-order chi connectivity index (χ0) is 19.5. The lowest BCUT2D eigenvalue weighted by Crippen LogP contribution is -2.45. The zero-order valence-corrected chi connectivity index (χ0v) is 14.3. The van der Waals surface area contributed by atoms with Gasteiger partial charge in [0.15, 0.2) is 5.82 Å². The molecule has 0 aromatic carbocycles. The largest absolute Gasteiger partial charge is 0.480 e. The molecule has 0 saturated carbocycles. The summed E-state index contributed by atoms with van der Waals surface area (Å²) in [6.07, 6.45) is 1.90. The van der Waals surface area contributed by atoms with Gasteiger partial charge in [-0.1, -0.05) is 5.16 Å². The molecule has 2 atom stereocenters. The number of primary amides is 1. The summed E-state index contributed by atoms with van der Waals surface area (Å²) in [7, 11) is 0. The number of aromatic nitrogens is 2. The van der Waals surface area contributed by atoms with Gasteiger partial charge in [-0.15, -0.1) is 0 Å². The Morgan fingerprint density at radius 3 is 2.58 bits per heavy atom. The van der Waals surface area contributed by atoms with Gasteiger partial charge in [-0.25, -0.2) is 9.59 Å². The van der Waals surface area contributed by atoms with E-state index in [0.717, 1.165) is 0 Å². The molecule has 1 rings (SSSR count). The minimum Gasteiger partial charge on any atom is -0.480 e. The van der Waals surface area contributed by atoms with Crippen molar-refractivity contribution < 1.29 is 24.0 Å². The number of carbonyl (C=O) groups excluding carboxylic acids is 2. The third kappa shape index (κ3) is 7.90. The molecule has 0 unspecified atom stereocenters. The quantitative estimate of drug-likeness (QED) is 0.241. The monoisotopic (exact) mass is 371 g/mol. The Morgan fingerprint density at radius 1 is 1.23 bits per heavy atom. The van der Waals surface area contributed by atoms with E-state index in [1.165, 1.54) is 0 Å². The predicted molar refractivity (Wildman–Crippen MR) is 89.4 cm³/mol. The van der Waals surface area contributed by atoms with Crippen molar-refractivity contribution >= 4 is 17.9 Å². The van der Waals surface area contributed by atoms with Gasteiger partial charge in [-0.3, -0.25) is 4.79 Å². The minimum atomic E-state index is -1.13. The number of nitrogens with two attached hydrogens (primary N) is 3. The van der Waals surface area contributed by atoms with E-state index in [1.54, 1.807) is 0 Å². The van der Waals surface area contributed by atoms with Gasteiger partial charge < -0.3 is 37.5 Å². The average molecular weight is 371 g/mol. The van der Waals surface area contributed by atoms with Crippen LogP contribution in [0.25, 0.3) is 0 Å². The Labute approximate surface area is 149 Å². The molecule has 0 saturated heterocycles. The number of hydrogen-bond donors (Lipinski definition) is 6. The van der Waals surface area contributed by atoms with E-state index in [-0.39, 0.29) is 37.5 Å². The lowest BCUT2D eigenvalue weighted by Gasteiger charge is -2.14. The van der Waals surface area contributed by atoms with Crippen molar-refractivity contribution in [3.05, 3.63) is 11.7 Å². The molecule has 1 aromatic rings. The summed E-state index contributed by atoms with van der Waals surface area (Å²) in [5.74, 6) is -1.33. The number of aliphatic carboxylic acids is 1. The number of amides is 3. The van der Waals surface area contributed by atoms with Crippen molar-refractivity contribution in [3.8, 4) is 0 Å². The summed E-state index contributed by atoms with van der Waals surface area (Å²) in [5.41, 5.74) is 16.2. The van der Waals surface area contributed by atoms with E-state index >= 15 is 0 Å². The Bertz CT molecular complexity index is 606. The van der Waals surface area contributed by atoms with E-state index in [4.69, 9.17) is 26.8 Å². The van der Waals surface area contributed by atoms with Crippen LogP contribution in [0.3, 0.4) is 0 Å². The molecule has 146 valence electrons. The molecule has 9 N–H and O–H groups in total. The number of urea groups is 1. The van der Waals surface area contributed by atoms with Gasteiger partial charge in [0.1, 0.15) is 6.04 Å². The smallest absolute Gasteiger partial charge is 0.326 e. The van der Waals surface area contributed by atoms with Crippen LogP contribution in [0.4, 0.5) is 4.79 Å². The molecule has 12 nitrogen and oxygen atoms in total. The van der Waals surface area contributed by atoms with E-state index in [1.807, 2.05) is 0 Å². The van der Waals surface area contributed by atoms with Gasteiger partial charge in [-0.2, -0.15) is 4.98 Å². The molecule has 0 radical (unpaired) electrons. The summed E-state index contributed by atoms with van der Waals surface area (Å²) in [6, 6.07) is -2.31. The van der Waals surface area contributed by atoms with Crippen LogP contribution in [0.2, 0.25) is 0 Å². The van der Waals surface area contributed by atoms with Gasteiger partial charge in [-0.05, 0) is 32.2 Å². The summed E-state index contributed by atoms with van der Waals surface area (Å²) in [5, 5.41) is 17.5. The highest BCUT2D eigenvalue weighted by Crippen LogP contribution is 2.12. The predicted octanol–water partition coefficient (Wildman–Crippen LogP) is -1.28. The van der Waals surface area contributed by atoms with Gasteiger partial charge in [0.2, 0.25) is 11.8 Å². The highest BCUT2D eigenvalue weighted by molar-refractivity contribution is 5.82. The van der Waals surface area contributed by atoms with Crippen molar-refractivity contribution in [1.29, 1.82) is 0 Å². The van der Waals surface area contributed by atoms with Crippen LogP contribution >= 0.6 is 0 Å². The molecule has 0 aliphatic carbocycles. The van der Waals surface area contributed by atoms with Gasteiger partial charge in [0, 0.05) is 6.42 Å². The first-order valence-corrected chi connectivity index (χ1v) is 8.17.